The van der Waals surface area contributed by atoms with E-state index in [4.69, 9.17) is 0 Å². The largest absolute Gasteiger partial charge is 0.319 e. The molecule has 2 aromatic rings. The molecule has 5 nitrogen and oxygen atoms in total. The van der Waals surface area contributed by atoms with Crippen LogP contribution in [0.1, 0.15) is 35.8 Å². The molecule has 0 aliphatic carbocycles. The molecule has 0 saturated carbocycles. The van der Waals surface area contributed by atoms with Crippen LogP contribution >= 0.6 is 0 Å². The average Bonchev–Trinajstić information content (AvgIpc) is 2.93. The number of likely N-dealkylation sites (N-methyl/N-ethyl adjacent to an activating group) is 1. The predicted octanol–water partition coefficient (Wildman–Crippen LogP) is 2.48. The normalized spacial score (nSPS) is 10.9. The molecule has 1 amide bonds. The van der Waals surface area contributed by atoms with Gasteiger partial charge in [0.2, 0.25) is 0 Å². The van der Waals surface area contributed by atoms with Crippen molar-refractivity contribution in [1.82, 2.24) is 15.1 Å². The van der Waals surface area contributed by atoms with Crippen molar-refractivity contribution in [1.29, 1.82) is 0 Å². The van der Waals surface area contributed by atoms with Crippen LogP contribution in [0.4, 0.5) is 5.82 Å². The third kappa shape index (κ3) is 3.70. The van der Waals surface area contributed by atoms with E-state index < -0.39 is 0 Å². The van der Waals surface area contributed by atoms with Crippen LogP contribution in [0.25, 0.3) is 0 Å². The minimum atomic E-state index is -0.0934. The van der Waals surface area contributed by atoms with Crippen LogP contribution in [0.2, 0.25) is 0 Å². The lowest BCUT2D eigenvalue weighted by molar-refractivity contribution is 0.102. The maximum absolute atomic E-state index is 12.5. The molecule has 0 saturated heterocycles. The summed E-state index contributed by atoms with van der Waals surface area (Å²) >= 11 is 0. The molecule has 0 unspecified atom stereocenters. The van der Waals surface area contributed by atoms with Crippen molar-refractivity contribution in [3.05, 3.63) is 47.7 Å². The Morgan fingerprint density at radius 2 is 2.05 bits per heavy atom. The third-order valence-corrected chi connectivity index (χ3v) is 3.31. The first-order valence-electron chi connectivity index (χ1n) is 7.21. The summed E-state index contributed by atoms with van der Waals surface area (Å²) in [6.45, 7) is 4.90. The summed E-state index contributed by atoms with van der Waals surface area (Å²) in [5.74, 6) is 0.627. The molecule has 0 radical (unpaired) electrons. The number of carbonyl (C=O) groups is 1. The van der Waals surface area contributed by atoms with E-state index in [1.54, 1.807) is 10.9 Å². The van der Waals surface area contributed by atoms with E-state index in [-0.39, 0.29) is 11.9 Å². The average molecular weight is 286 g/mol. The number of nitrogens with zero attached hydrogens (tertiary/aromatic N) is 2. The van der Waals surface area contributed by atoms with Gasteiger partial charge in [0, 0.05) is 17.7 Å². The first kappa shape index (κ1) is 15.3. The van der Waals surface area contributed by atoms with Gasteiger partial charge in [-0.25, -0.2) is 4.68 Å². The molecule has 0 spiro atoms. The Morgan fingerprint density at radius 3 is 2.76 bits per heavy atom. The Bertz CT molecular complexity index is 604. The lowest BCUT2D eigenvalue weighted by Crippen LogP contribution is -2.19. The highest BCUT2D eigenvalue weighted by atomic mass is 16.1. The first-order valence-corrected chi connectivity index (χ1v) is 7.21. The summed E-state index contributed by atoms with van der Waals surface area (Å²) in [7, 11) is 1.91. The lowest BCUT2D eigenvalue weighted by Gasteiger charge is -2.13. The number of hydrogen-bond donors (Lipinski definition) is 2. The van der Waals surface area contributed by atoms with Crippen LogP contribution in [0.5, 0.6) is 0 Å². The summed E-state index contributed by atoms with van der Waals surface area (Å²) < 4.78 is 1.80. The zero-order chi connectivity index (χ0) is 15.2. The van der Waals surface area contributed by atoms with Crippen molar-refractivity contribution in [2.24, 2.45) is 0 Å². The Hall–Kier alpha value is -2.14. The van der Waals surface area contributed by atoms with Crippen LogP contribution in [-0.2, 0) is 6.42 Å². The maximum Gasteiger partial charge on any atom is 0.257 e. The van der Waals surface area contributed by atoms with Gasteiger partial charge in [-0.2, -0.15) is 5.10 Å². The minimum absolute atomic E-state index is 0.0934. The molecule has 0 fully saturated rings. The van der Waals surface area contributed by atoms with Gasteiger partial charge < -0.3 is 10.6 Å². The van der Waals surface area contributed by atoms with Crippen molar-refractivity contribution >= 4 is 11.7 Å². The van der Waals surface area contributed by atoms with Gasteiger partial charge in [-0.1, -0.05) is 18.2 Å². The first-order chi connectivity index (χ1) is 10.1. The van der Waals surface area contributed by atoms with E-state index in [0.29, 0.717) is 5.56 Å². The van der Waals surface area contributed by atoms with Crippen LogP contribution in [0, 0.1) is 0 Å². The monoisotopic (exact) mass is 286 g/mol. The molecular formula is C16H22N4O. The highest BCUT2D eigenvalue weighted by Gasteiger charge is 2.13. The number of amides is 1. The fraction of sp³-hybridized carbons (Fsp3) is 0.375. The number of nitrogens with one attached hydrogen (secondary N) is 2. The fourth-order valence-corrected chi connectivity index (χ4v) is 2.23. The third-order valence-electron chi connectivity index (χ3n) is 3.31. The smallest absolute Gasteiger partial charge is 0.257 e. The summed E-state index contributed by atoms with van der Waals surface area (Å²) in [4.78, 5) is 12.5. The molecule has 21 heavy (non-hydrogen) atoms. The molecule has 1 aromatic carbocycles. The molecule has 0 bridgehead atoms. The van der Waals surface area contributed by atoms with E-state index in [0.717, 1.165) is 24.3 Å². The van der Waals surface area contributed by atoms with E-state index in [2.05, 4.69) is 15.7 Å². The SMILES string of the molecule is CNCCc1ccccc1C(=O)Nc1ccnn1C(C)C. The van der Waals surface area contributed by atoms with Crippen molar-refractivity contribution < 1.29 is 4.79 Å². The summed E-state index contributed by atoms with van der Waals surface area (Å²) in [6.07, 6.45) is 2.52. The number of carbonyl (C=O) groups excluding carboxylic acids is 1. The molecule has 0 aliphatic rings. The van der Waals surface area contributed by atoms with Crippen molar-refractivity contribution in [2.75, 3.05) is 18.9 Å². The summed E-state index contributed by atoms with van der Waals surface area (Å²) in [6, 6.07) is 9.71. The quantitative estimate of drug-likeness (QED) is 0.857. The Labute approximate surface area is 125 Å². The number of hydrogen-bond acceptors (Lipinski definition) is 3. The fourth-order valence-electron chi connectivity index (χ4n) is 2.23. The molecule has 2 rings (SSSR count). The van der Waals surface area contributed by atoms with Gasteiger partial charge >= 0.3 is 0 Å². The molecule has 1 aromatic heterocycles. The van der Waals surface area contributed by atoms with Gasteiger partial charge in [0.15, 0.2) is 0 Å². The van der Waals surface area contributed by atoms with Gasteiger partial charge in [-0.05, 0) is 45.5 Å². The molecule has 5 heteroatoms. The molecule has 2 N–H and O–H groups in total. The van der Waals surface area contributed by atoms with E-state index in [1.165, 1.54) is 0 Å². The lowest BCUT2D eigenvalue weighted by atomic mass is 10.0. The number of benzene rings is 1. The Balaban J connectivity index is 2.18. The molecule has 0 atom stereocenters. The second kappa shape index (κ2) is 7.04. The zero-order valence-electron chi connectivity index (χ0n) is 12.8. The standard InChI is InChI=1S/C16H22N4O/c1-12(2)20-15(9-11-18-20)19-16(21)14-7-5-4-6-13(14)8-10-17-3/h4-7,9,11-12,17H,8,10H2,1-3H3,(H,19,21). The van der Waals surface area contributed by atoms with Gasteiger partial charge in [0.05, 0.1) is 6.20 Å². The summed E-state index contributed by atoms with van der Waals surface area (Å²) in [5.41, 5.74) is 1.75. The van der Waals surface area contributed by atoms with Crippen LogP contribution in [-0.4, -0.2) is 29.3 Å². The Morgan fingerprint density at radius 1 is 1.29 bits per heavy atom. The molecule has 1 heterocycles. The molecule has 112 valence electrons. The second-order valence-corrected chi connectivity index (χ2v) is 5.22. The van der Waals surface area contributed by atoms with Crippen molar-refractivity contribution in [2.45, 2.75) is 26.3 Å². The molecule has 0 aliphatic heterocycles. The highest BCUT2D eigenvalue weighted by molar-refractivity contribution is 6.04. The van der Waals surface area contributed by atoms with E-state index in [9.17, 15) is 4.79 Å². The Kier molecular flexibility index (Phi) is 5.11. The van der Waals surface area contributed by atoms with Gasteiger partial charge in [-0.15, -0.1) is 0 Å². The second-order valence-electron chi connectivity index (χ2n) is 5.22. The van der Waals surface area contributed by atoms with E-state index in [1.807, 2.05) is 51.2 Å². The number of anilines is 1. The predicted molar refractivity (Wildman–Crippen MR) is 84.6 cm³/mol. The minimum Gasteiger partial charge on any atom is -0.319 e. The summed E-state index contributed by atoms with van der Waals surface area (Å²) in [5, 5.41) is 10.3. The zero-order valence-corrected chi connectivity index (χ0v) is 12.8. The topological polar surface area (TPSA) is 59.0 Å². The van der Waals surface area contributed by atoms with Gasteiger partial charge in [-0.3, -0.25) is 4.79 Å². The van der Waals surface area contributed by atoms with Crippen LogP contribution < -0.4 is 10.6 Å². The maximum atomic E-state index is 12.5. The van der Waals surface area contributed by atoms with Crippen LogP contribution in [0.3, 0.4) is 0 Å². The van der Waals surface area contributed by atoms with E-state index >= 15 is 0 Å². The van der Waals surface area contributed by atoms with Gasteiger partial charge in [0.25, 0.3) is 5.91 Å². The van der Waals surface area contributed by atoms with Gasteiger partial charge in [0.1, 0.15) is 5.82 Å². The number of aromatic nitrogens is 2. The van der Waals surface area contributed by atoms with Crippen LogP contribution in [0.15, 0.2) is 36.5 Å². The van der Waals surface area contributed by atoms with Crippen molar-refractivity contribution in [3.8, 4) is 0 Å². The molecular weight excluding hydrogens is 264 g/mol. The van der Waals surface area contributed by atoms with Crippen molar-refractivity contribution in [3.63, 3.8) is 0 Å². The number of rotatable bonds is 6. The highest BCUT2D eigenvalue weighted by Crippen LogP contribution is 2.16.